The highest BCUT2D eigenvalue weighted by molar-refractivity contribution is 5.67. The summed E-state index contributed by atoms with van der Waals surface area (Å²) in [6, 6.07) is 7.87. The number of hydrogen-bond acceptors (Lipinski definition) is 3. The molecular formula is C18H26O4. The third-order valence-electron chi connectivity index (χ3n) is 4.51. The molecule has 2 atom stereocenters. The first-order chi connectivity index (χ1) is 10.4. The van der Waals surface area contributed by atoms with Crippen LogP contribution < -0.4 is 4.74 Å². The highest BCUT2D eigenvalue weighted by Crippen LogP contribution is 2.37. The molecular weight excluding hydrogens is 280 g/mol. The zero-order valence-electron chi connectivity index (χ0n) is 13.7. The molecule has 1 aromatic rings. The van der Waals surface area contributed by atoms with Crippen LogP contribution in [-0.2, 0) is 16.0 Å². The molecule has 1 aromatic carbocycles. The fourth-order valence-electron chi connectivity index (χ4n) is 3.47. The predicted octanol–water partition coefficient (Wildman–Crippen LogP) is 3.53. The van der Waals surface area contributed by atoms with Gasteiger partial charge in [0.05, 0.1) is 12.7 Å². The maximum absolute atomic E-state index is 11.3. The number of benzene rings is 1. The van der Waals surface area contributed by atoms with Crippen molar-refractivity contribution in [3.63, 3.8) is 0 Å². The van der Waals surface area contributed by atoms with Crippen LogP contribution in [-0.4, -0.2) is 30.4 Å². The van der Waals surface area contributed by atoms with E-state index in [9.17, 15) is 9.90 Å². The van der Waals surface area contributed by atoms with Gasteiger partial charge in [-0.05, 0) is 56.6 Å². The largest absolute Gasteiger partial charge is 0.496 e. The molecule has 1 N–H and O–H groups in total. The maximum atomic E-state index is 11.3. The highest BCUT2D eigenvalue weighted by Gasteiger charge is 2.34. The van der Waals surface area contributed by atoms with E-state index in [-0.39, 0.29) is 17.9 Å². The second-order valence-electron chi connectivity index (χ2n) is 6.73. The Hall–Kier alpha value is -1.55. The molecule has 122 valence electrons. The minimum Gasteiger partial charge on any atom is -0.496 e. The first-order valence-electron chi connectivity index (χ1n) is 7.89. The Morgan fingerprint density at radius 1 is 1.45 bits per heavy atom. The van der Waals surface area contributed by atoms with Crippen molar-refractivity contribution >= 4 is 5.97 Å². The third-order valence-corrected chi connectivity index (χ3v) is 4.51. The summed E-state index contributed by atoms with van der Waals surface area (Å²) in [6.07, 6.45) is 2.76. The van der Waals surface area contributed by atoms with E-state index in [4.69, 9.17) is 9.47 Å². The lowest BCUT2D eigenvalue weighted by atomic mass is 9.75. The van der Waals surface area contributed by atoms with E-state index in [1.807, 2.05) is 24.3 Å². The van der Waals surface area contributed by atoms with E-state index in [1.165, 1.54) is 0 Å². The molecule has 1 heterocycles. The number of carboxylic acid groups (broad SMARTS) is 1. The van der Waals surface area contributed by atoms with Crippen molar-refractivity contribution in [3.05, 3.63) is 29.8 Å². The van der Waals surface area contributed by atoms with Crippen LogP contribution in [0.1, 0.15) is 38.7 Å². The quantitative estimate of drug-likeness (QED) is 0.873. The Kier molecular flexibility index (Phi) is 5.46. The van der Waals surface area contributed by atoms with E-state index in [0.717, 1.165) is 30.6 Å². The van der Waals surface area contributed by atoms with Crippen LogP contribution in [0.15, 0.2) is 24.3 Å². The summed E-state index contributed by atoms with van der Waals surface area (Å²) < 4.78 is 11.2. The van der Waals surface area contributed by atoms with Crippen molar-refractivity contribution in [3.8, 4) is 5.75 Å². The Labute approximate surface area is 132 Å². The van der Waals surface area contributed by atoms with Gasteiger partial charge < -0.3 is 14.6 Å². The smallest absolute Gasteiger partial charge is 0.303 e. The zero-order chi connectivity index (χ0) is 16.2. The van der Waals surface area contributed by atoms with Gasteiger partial charge in [0.2, 0.25) is 0 Å². The van der Waals surface area contributed by atoms with Crippen LogP contribution in [0.3, 0.4) is 0 Å². The van der Waals surface area contributed by atoms with Gasteiger partial charge in [-0.2, -0.15) is 0 Å². The molecule has 0 bridgehead atoms. The maximum Gasteiger partial charge on any atom is 0.303 e. The average molecular weight is 306 g/mol. The lowest BCUT2D eigenvalue weighted by molar-refractivity contribution is -0.140. The van der Waals surface area contributed by atoms with Crippen LogP contribution >= 0.6 is 0 Å². The number of rotatable bonds is 6. The Morgan fingerprint density at radius 3 is 2.82 bits per heavy atom. The predicted molar refractivity (Wildman–Crippen MR) is 85.2 cm³/mol. The fraction of sp³-hybridized carbons (Fsp3) is 0.611. The summed E-state index contributed by atoms with van der Waals surface area (Å²) in [7, 11) is 1.66. The fourth-order valence-corrected chi connectivity index (χ4v) is 3.47. The molecule has 2 rings (SSSR count). The SMILES string of the molecule is COc1ccccc1CC(CC(=O)O)C1CCOC(C)(C)C1. The van der Waals surface area contributed by atoms with Crippen molar-refractivity contribution < 1.29 is 19.4 Å². The van der Waals surface area contributed by atoms with Gasteiger partial charge in [0.1, 0.15) is 5.75 Å². The summed E-state index contributed by atoms with van der Waals surface area (Å²) in [5.74, 6) is 0.579. The number of para-hydroxylation sites is 1. The normalized spacial score (nSPS) is 22.0. The van der Waals surface area contributed by atoms with Gasteiger partial charge in [0, 0.05) is 13.0 Å². The van der Waals surface area contributed by atoms with Crippen molar-refractivity contribution in [2.75, 3.05) is 13.7 Å². The Bertz CT molecular complexity index is 510. The average Bonchev–Trinajstić information content (AvgIpc) is 2.45. The first kappa shape index (κ1) is 16.8. The zero-order valence-corrected chi connectivity index (χ0v) is 13.7. The van der Waals surface area contributed by atoms with Gasteiger partial charge in [-0.15, -0.1) is 0 Å². The van der Waals surface area contributed by atoms with E-state index < -0.39 is 5.97 Å². The molecule has 0 spiro atoms. The molecule has 0 aliphatic carbocycles. The molecule has 1 fully saturated rings. The third kappa shape index (κ3) is 4.47. The molecule has 1 aliphatic rings. The molecule has 1 saturated heterocycles. The molecule has 0 amide bonds. The number of aliphatic carboxylic acids is 1. The van der Waals surface area contributed by atoms with Gasteiger partial charge in [-0.1, -0.05) is 18.2 Å². The number of carboxylic acids is 1. The number of hydrogen-bond donors (Lipinski definition) is 1. The monoisotopic (exact) mass is 306 g/mol. The van der Waals surface area contributed by atoms with Crippen molar-refractivity contribution in [2.45, 2.75) is 45.1 Å². The summed E-state index contributed by atoms with van der Waals surface area (Å²) in [4.78, 5) is 11.3. The first-order valence-corrected chi connectivity index (χ1v) is 7.89. The van der Waals surface area contributed by atoms with Crippen LogP contribution in [0, 0.1) is 11.8 Å². The van der Waals surface area contributed by atoms with E-state index >= 15 is 0 Å². The van der Waals surface area contributed by atoms with Crippen molar-refractivity contribution in [1.82, 2.24) is 0 Å². The number of methoxy groups -OCH3 is 1. The topological polar surface area (TPSA) is 55.8 Å². The second kappa shape index (κ2) is 7.14. The van der Waals surface area contributed by atoms with Gasteiger partial charge >= 0.3 is 5.97 Å². The van der Waals surface area contributed by atoms with Gasteiger partial charge in [0.15, 0.2) is 0 Å². The number of carbonyl (C=O) groups is 1. The second-order valence-corrected chi connectivity index (χ2v) is 6.73. The van der Waals surface area contributed by atoms with E-state index in [0.29, 0.717) is 12.5 Å². The van der Waals surface area contributed by atoms with Gasteiger partial charge in [-0.25, -0.2) is 0 Å². The van der Waals surface area contributed by atoms with Gasteiger partial charge in [0.25, 0.3) is 0 Å². The van der Waals surface area contributed by atoms with Crippen LogP contribution in [0.2, 0.25) is 0 Å². The molecule has 0 aromatic heterocycles. The van der Waals surface area contributed by atoms with Crippen LogP contribution in [0.4, 0.5) is 0 Å². The lowest BCUT2D eigenvalue weighted by Gasteiger charge is -2.39. The van der Waals surface area contributed by atoms with Gasteiger partial charge in [-0.3, -0.25) is 4.79 Å². The molecule has 4 nitrogen and oxygen atoms in total. The van der Waals surface area contributed by atoms with Crippen molar-refractivity contribution in [1.29, 1.82) is 0 Å². The molecule has 4 heteroatoms. The van der Waals surface area contributed by atoms with Crippen molar-refractivity contribution in [2.24, 2.45) is 11.8 Å². The standard InChI is InChI=1S/C18H26O4/c1-18(2)12-14(8-9-22-18)15(11-17(19)20)10-13-6-4-5-7-16(13)21-3/h4-7,14-15H,8-12H2,1-3H3,(H,19,20). The molecule has 2 unspecified atom stereocenters. The molecule has 0 saturated carbocycles. The summed E-state index contributed by atoms with van der Waals surface area (Å²) >= 11 is 0. The minimum absolute atomic E-state index is 0.108. The van der Waals surface area contributed by atoms with Crippen LogP contribution in [0.25, 0.3) is 0 Å². The minimum atomic E-state index is -0.732. The molecule has 1 aliphatic heterocycles. The number of ether oxygens (including phenoxy) is 2. The molecule has 22 heavy (non-hydrogen) atoms. The lowest BCUT2D eigenvalue weighted by Crippen LogP contribution is -2.38. The Balaban J connectivity index is 2.17. The summed E-state index contributed by atoms with van der Waals surface area (Å²) in [6.45, 7) is 4.87. The summed E-state index contributed by atoms with van der Waals surface area (Å²) in [5.41, 5.74) is 0.918. The Morgan fingerprint density at radius 2 is 2.18 bits per heavy atom. The van der Waals surface area contributed by atoms with E-state index in [1.54, 1.807) is 7.11 Å². The molecule has 0 radical (unpaired) electrons. The highest BCUT2D eigenvalue weighted by atomic mass is 16.5. The summed E-state index contributed by atoms with van der Waals surface area (Å²) in [5, 5.41) is 9.29. The van der Waals surface area contributed by atoms with E-state index in [2.05, 4.69) is 13.8 Å². The van der Waals surface area contributed by atoms with Crippen LogP contribution in [0.5, 0.6) is 5.75 Å².